The lowest BCUT2D eigenvalue weighted by Crippen LogP contribution is -2.04. The SMILES string of the molecule is Cc1cccc(C)c1C(O)c1ccc2[nH]ccc2c1. The molecule has 0 saturated carbocycles. The Hall–Kier alpha value is -2.06. The van der Waals surface area contributed by atoms with Crippen LogP contribution in [0.25, 0.3) is 10.9 Å². The maximum Gasteiger partial charge on any atom is 0.105 e. The Balaban J connectivity index is 2.10. The van der Waals surface area contributed by atoms with Gasteiger partial charge in [0.05, 0.1) is 0 Å². The Kier molecular flexibility index (Phi) is 2.88. The Bertz CT molecular complexity index is 707. The molecule has 3 rings (SSSR count). The van der Waals surface area contributed by atoms with Crippen LogP contribution < -0.4 is 0 Å². The third kappa shape index (κ3) is 2.04. The van der Waals surface area contributed by atoms with Gasteiger partial charge in [-0.2, -0.15) is 0 Å². The lowest BCUT2D eigenvalue weighted by molar-refractivity contribution is 0.219. The molecule has 0 radical (unpaired) electrons. The number of aliphatic hydroxyl groups excluding tert-OH is 1. The number of hydrogen-bond acceptors (Lipinski definition) is 1. The summed E-state index contributed by atoms with van der Waals surface area (Å²) in [5.41, 5.74) is 5.29. The van der Waals surface area contributed by atoms with Crippen molar-refractivity contribution in [2.75, 3.05) is 0 Å². The summed E-state index contributed by atoms with van der Waals surface area (Å²) in [7, 11) is 0. The summed E-state index contributed by atoms with van der Waals surface area (Å²) in [5, 5.41) is 11.8. The van der Waals surface area contributed by atoms with E-state index < -0.39 is 6.10 Å². The summed E-state index contributed by atoms with van der Waals surface area (Å²) < 4.78 is 0. The second kappa shape index (κ2) is 4.56. The summed E-state index contributed by atoms with van der Waals surface area (Å²) >= 11 is 0. The molecule has 1 unspecified atom stereocenters. The van der Waals surface area contributed by atoms with E-state index in [-0.39, 0.29) is 0 Å². The predicted molar refractivity (Wildman–Crippen MR) is 78.3 cm³/mol. The number of aromatic amines is 1. The third-order valence-electron chi connectivity index (χ3n) is 3.71. The minimum Gasteiger partial charge on any atom is -0.384 e. The van der Waals surface area contributed by atoms with E-state index in [1.54, 1.807) is 0 Å². The van der Waals surface area contributed by atoms with Crippen molar-refractivity contribution in [3.8, 4) is 0 Å². The molecule has 0 aliphatic heterocycles. The van der Waals surface area contributed by atoms with E-state index in [0.29, 0.717) is 0 Å². The molecule has 0 amide bonds. The Morgan fingerprint density at radius 2 is 1.74 bits per heavy atom. The maximum absolute atomic E-state index is 10.6. The van der Waals surface area contributed by atoms with Crippen LogP contribution in [0.3, 0.4) is 0 Å². The number of fused-ring (bicyclic) bond motifs is 1. The van der Waals surface area contributed by atoms with Crippen molar-refractivity contribution in [3.05, 3.63) is 70.9 Å². The van der Waals surface area contributed by atoms with Gasteiger partial charge in [-0.3, -0.25) is 0 Å². The van der Waals surface area contributed by atoms with Gasteiger partial charge < -0.3 is 10.1 Å². The first-order valence-electron chi connectivity index (χ1n) is 6.48. The summed E-state index contributed by atoms with van der Waals surface area (Å²) in [4.78, 5) is 3.17. The number of aryl methyl sites for hydroxylation is 2. The first kappa shape index (κ1) is 12.0. The van der Waals surface area contributed by atoms with Crippen LogP contribution in [-0.4, -0.2) is 10.1 Å². The van der Waals surface area contributed by atoms with Crippen molar-refractivity contribution in [2.24, 2.45) is 0 Å². The quantitative estimate of drug-likeness (QED) is 0.712. The molecule has 2 heteroatoms. The van der Waals surface area contributed by atoms with Gasteiger partial charge in [-0.25, -0.2) is 0 Å². The zero-order chi connectivity index (χ0) is 13.4. The van der Waals surface area contributed by atoms with Crippen molar-refractivity contribution < 1.29 is 5.11 Å². The third-order valence-corrected chi connectivity index (χ3v) is 3.71. The van der Waals surface area contributed by atoms with Crippen LogP contribution in [0.4, 0.5) is 0 Å². The molecular formula is C17H17NO. The molecular weight excluding hydrogens is 234 g/mol. The fourth-order valence-electron chi connectivity index (χ4n) is 2.67. The number of H-pyrrole nitrogens is 1. The highest BCUT2D eigenvalue weighted by molar-refractivity contribution is 5.80. The smallest absolute Gasteiger partial charge is 0.105 e. The molecule has 19 heavy (non-hydrogen) atoms. The van der Waals surface area contributed by atoms with Gasteiger partial charge in [-0.15, -0.1) is 0 Å². The lowest BCUT2D eigenvalue weighted by Gasteiger charge is -2.17. The number of rotatable bonds is 2. The van der Waals surface area contributed by atoms with E-state index in [9.17, 15) is 5.11 Å². The van der Waals surface area contributed by atoms with Crippen LogP contribution in [0, 0.1) is 13.8 Å². The van der Waals surface area contributed by atoms with E-state index in [1.165, 1.54) is 0 Å². The maximum atomic E-state index is 10.6. The van der Waals surface area contributed by atoms with Crippen molar-refractivity contribution in [3.63, 3.8) is 0 Å². The first-order valence-corrected chi connectivity index (χ1v) is 6.48. The number of hydrogen-bond donors (Lipinski definition) is 2. The highest BCUT2D eigenvalue weighted by Crippen LogP contribution is 2.29. The molecule has 2 N–H and O–H groups in total. The zero-order valence-electron chi connectivity index (χ0n) is 11.1. The van der Waals surface area contributed by atoms with Gasteiger partial charge in [0.15, 0.2) is 0 Å². The van der Waals surface area contributed by atoms with E-state index in [2.05, 4.69) is 4.98 Å². The van der Waals surface area contributed by atoms with E-state index in [1.807, 2.05) is 62.5 Å². The molecule has 1 aromatic heterocycles. The molecule has 1 atom stereocenters. The highest BCUT2D eigenvalue weighted by atomic mass is 16.3. The molecule has 0 saturated heterocycles. The molecule has 0 bridgehead atoms. The van der Waals surface area contributed by atoms with Gasteiger partial charge in [0, 0.05) is 11.7 Å². The highest BCUT2D eigenvalue weighted by Gasteiger charge is 2.15. The van der Waals surface area contributed by atoms with Crippen LogP contribution in [-0.2, 0) is 0 Å². The molecule has 0 fully saturated rings. The summed E-state index contributed by atoms with van der Waals surface area (Å²) in [6, 6.07) is 14.2. The normalized spacial score (nSPS) is 12.8. The van der Waals surface area contributed by atoms with Crippen LogP contribution >= 0.6 is 0 Å². The van der Waals surface area contributed by atoms with Gasteiger partial charge in [0.2, 0.25) is 0 Å². The standard InChI is InChI=1S/C17H17NO/c1-11-4-3-5-12(2)16(11)17(19)14-6-7-15-13(10-14)8-9-18-15/h3-10,17-19H,1-2H3. The molecule has 2 aromatic carbocycles. The largest absolute Gasteiger partial charge is 0.384 e. The summed E-state index contributed by atoms with van der Waals surface area (Å²) in [5.74, 6) is 0. The zero-order valence-corrected chi connectivity index (χ0v) is 11.1. The van der Waals surface area contributed by atoms with Crippen molar-refractivity contribution in [2.45, 2.75) is 20.0 Å². The molecule has 1 heterocycles. The minimum absolute atomic E-state index is 0.569. The average molecular weight is 251 g/mol. The molecule has 0 aliphatic carbocycles. The van der Waals surface area contributed by atoms with Crippen LogP contribution in [0.1, 0.15) is 28.4 Å². The van der Waals surface area contributed by atoms with Crippen molar-refractivity contribution in [1.82, 2.24) is 4.98 Å². The number of aromatic nitrogens is 1. The fourth-order valence-corrected chi connectivity index (χ4v) is 2.67. The Morgan fingerprint density at radius 1 is 1.00 bits per heavy atom. The topological polar surface area (TPSA) is 36.0 Å². The summed E-state index contributed by atoms with van der Waals surface area (Å²) in [6.07, 6.45) is 1.35. The fraction of sp³-hybridized carbons (Fsp3) is 0.176. The molecule has 96 valence electrons. The number of benzene rings is 2. The number of nitrogens with one attached hydrogen (secondary N) is 1. The monoisotopic (exact) mass is 251 g/mol. The predicted octanol–water partition coefficient (Wildman–Crippen LogP) is 3.87. The molecule has 3 aromatic rings. The molecule has 2 nitrogen and oxygen atoms in total. The minimum atomic E-state index is -0.569. The lowest BCUT2D eigenvalue weighted by atomic mass is 9.93. The van der Waals surface area contributed by atoms with Gasteiger partial charge in [-0.05, 0) is 59.7 Å². The number of aliphatic hydroxyl groups is 1. The Labute approximate surface area is 112 Å². The van der Waals surface area contributed by atoms with Gasteiger partial charge >= 0.3 is 0 Å². The molecule has 0 spiro atoms. The second-order valence-electron chi connectivity index (χ2n) is 5.03. The molecule has 0 aliphatic rings. The van der Waals surface area contributed by atoms with Crippen molar-refractivity contribution in [1.29, 1.82) is 0 Å². The van der Waals surface area contributed by atoms with Gasteiger partial charge in [0.1, 0.15) is 6.10 Å². The van der Waals surface area contributed by atoms with Crippen LogP contribution in [0.15, 0.2) is 48.7 Å². The van der Waals surface area contributed by atoms with Crippen molar-refractivity contribution >= 4 is 10.9 Å². The van der Waals surface area contributed by atoms with Gasteiger partial charge in [-0.1, -0.05) is 24.3 Å². The van der Waals surface area contributed by atoms with E-state index in [4.69, 9.17) is 0 Å². The first-order chi connectivity index (χ1) is 9.16. The van der Waals surface area contributed by atoms with E-state index >= 15 is 0 Å². The van der Waals surface area contributed by atoms with E-state index in [0.717, 1.165) is 33.2 Å². The second-order valence-corrected chi connectivity index (χ2v) is 5.03. The van der Waals surface area contributed by atoms with Crippen LogP contribution in [0.2, 0.25) is 0 Å². The van der Waals surface area contributed by atoms with Crippen LogP contribution in [0.5, 0.6) is 0 Å². The Morgan fingerprint density at radius 3 is 2.47 bits per heavy atom. The average Bonchev–Trinajstić information content (AvgIpc) is 2.85. The van der Waals surface area contributed by atoms with Gasteiger partial charge in [0.25, 0.3) is 0 Å². The summed E-state index contributed by atoms with van der Waals surface area (Å²) in [6.45, 7) is 4.08.